The van der Waals surface area contributed by atoms with E-state index in [4.69, 9.17) is 10.5 Å². The number of carbonyl (C=O) groups is 1. The summed E-state index contributed by atoms with van der Waals surface area (Å²) >= 11 is 0. The Labute approximate surface area is 112 Å². The number of anilines is 1. The van der Waals surface area contributed by atoms with Gasteiger partial charge in [0, 0.05) is 38.2 Å². The highest BCUT2D eigenvalue weighted by Crippen LogP contribution is 2.41. The minimum atomic E-state index is -0.117. The summed E-state index contributed by atoms with van der Waals surface area (Å²) in [5.41, 5.74) is 6.02. The predicted molar refractivity (Wildman–Crippen MR) is 72.1 cm³/mol. The molecule has 0 atom stereocenters. The summed E-state index contributed by atoms with van der Waals surface area (Å²) in [6.45, 7) is 0.577. The van der Waals surface area contributed by atoms with E-state index in [9.17, 15) is 4.79 Å². The van der Waals surface area contributed by atoms with Crippen LogP contribution in [0.15, 0.2) is 18.5 Å². The van der Waals surface area contributed by atoms with E-state index in [-0.39, 0.29) is 17.4 Å². The molecule has 1 aromatic rings. The van der Waals surface area contributed by atoms with Crippen molar-refractivity contribution in [2.24, 2.45) is 0 Å². The van der Waals surface area contributed by atoms with Gasteiger partial charge in [0.25, 0.3) is 0 Å². The third-order valence-corrected chi connectivity index (χ3v) is 3.39. The highest BCUT2D eigenvalue weighted by Gasteiger charge is 2.48. The first-order valence-corrected chi connectivity index (χ1v) is 6.10. The van der Waals surface area contributed by atoms with Gasteiger partial charge < -0.3 is 15.4 Å². The van der Waals surface area contributed by atoms with Crippen molar-refractivity contribution < 1.29 is 9.53 Å². The molecule has 1 fully saturated rings. The lowest BCUT2D eigenvalue weighted by atomic mass is 10.2. The summed E-state index contributed by atoms with van der Waals surface area (Å²) in [6, 6.07) is 0. The van der Waals surface area contributed by atoms with Gasteiger partial charge >= 0.3 is 0 Å². The molecule has 19 heavy (non-hydrogen) atoms. The van der Waals surface area contributed by atoms with Gasteiger partial charge in [-0.25, -0.2) is 9.97 Å². The Morgan fingerprint density at radius 3 is 2.68 bits per heavy atom. The number of amides is 1. The third kappa shape index (κ3) is 3.08. The molecule has 1 aliphatic carbocycles. The maximum Gasteiger partial charge on any atom is 0.246 e. The van der Waals surface area contributed by atoms with Crippen molar-refractivity contribution in [1.29, 1.82) is 0 Å². The van der Waals surface area contributed by atoms with Crippen molar-refractivity contribution >= 4 is 17.9 Å². The fourth-order valence-electron chi connectivity index (χ4n) is 1.94. The largest absolute Gasteiger partial charge is 0.382 e. The first-order valence-electron chi connectivity index (χ1n) is 6.10. The maximum atomic E-state index is 12.1. The fraction of sp³-hybridized carbons (Fsp3) is 0.462. The van der Waals surface area contributed by atoms with Gasteiger partial charge in [0.1, 0.15) is 0 Å². The van der Waals surface area contributed by atoms with Gasteiger partial charge in [0.2, 0.25) is 11.9 Å². The van der Waals surface area contributed by atoms with Gasteiger partial charge in [-0.05, 0) is 18.9 Å². The molecule has 2 N–H and O–H groups in total. The van der Waals surface area contributed by atoms with Crippen molar-refractivity contribution in [2.75, 3.05) is 26.5 Å². The minimum absolute atomic E-state index is 0.0497. The zero-order chi connectivity index (χ0) is 13.9. The lowest BCUT2D eigenvalue weighted by molar-refractivity contribution is -0.128. The van der Waals surface area contributed by atoms with Crippen LogP contribution >= 0.6 is 0 Å². The molecule has 0 unspecified atom stereocenters. The van der Waals surface area contributed by atoms with Crippen LogP contribution in [-0.4, -0.2) is 47.1 Å². The fourth-order valence-corrected chi connectivity index (χ4v) is 1.94. The summed E-state index contributed by atoms with van der Waals surface area (Å²) in [5, 5.41) is 0. The predicted octanol–water partition coefficient (Wildman–Crippen LogP) is 0.709. The molecule has 0 saturated heterocycles. The molecule has 6 nitrogen and oxygen atoms in total. The number of hydrogen-bond donors (Lipinski definition) is 1. The molecular formula is C13H18N4O2. The number of carbonyl (C=O) groups excluding carboxylic acids is 1. The smallest absolute Gasteiger partial charge is 0.246 e. The number of nitrogens with two attached hydrogens (primary N) is 1. The normalized spacial score (nSPS) is 16.5. The Morgan fingerprint density at radius 1 is 1.53 bits per heavy atom. The number of methoxy groups -OCH3 is 1. The number of ether oxygens (including phenoxy) is 1. The van der Waals surface area contributed by atoms with Crippen molar-refractivity contribution in [3.63, 3.8) is 0 Å². The van der Waals surface area contributed by atoms with Gasteiger partial charge in [-0.15, -0.1) is 0 Å². The molecule has 1 amide bonds. The minimum Gasteiger partial charge on any atom is -0.382 e. The standard InChI is InChI=1S/C13H18N4O2/c1-17(13(5-6-13)9-19-2)11(18)4-3-10-7-15-12(14)16-8-10/h3-4,7-8H,5-6,9H2,1-2H3,(H2,14,15,16). The Morgan fingerprint density at radius 2 is 2.16 bits per heavy atom. The van der Waals surface area contributed by atoms with E-state index in [1.165, 1.54) is 6.08 Å². The van der Waals surface area contributed by atoms with Gasteiger partial charge in [-0.3, -0.25) is 4.79 Å². The van der Waals surface area contributed by atoms with Crippen LogP contribution in [0.2, 0.25) is 0 Å². The molecule has 0 radical (unpaired) electrons. The van der Waals surface area contributed by atoms with Crippen molar-refractivity contribution in [1.82, 2.24) is 14.9 Å². The van der Waals surface area contributed by atoms with Crippen LogP contribution in [0.3, 0.4) is 0 Å². The second-order valence-corrected chi connectivity index (χ2v) is 4.76. The molecule has 0 bridgehead atoms. The van der Waals surface area contributed by atoms with Gasteiger partial charge in [-0.2, -0.15) is 0 Å². The molecule has 0 aliphatic heterocycles. The topological polar surface area (TPSA) is 81.3 Å². The molecule has 1 saturated carbocycles. The Hall–Kier alpha value is -1.95. The number of rotatable bonds is 5. The summed E-state index contributed by atoms with van der Waals surface area (Å²) in [7, 11) is 3.46. The van der Waals surface area contributed by atoms with E-state index in [1.807, 2.05) is 0 Å². The SMILES string of the molecule is COCC1(N(C)C(=O)C=Cc2cnc(N)nc2)CC1. The van der Waals surface area contributed by atoms with Gasteiger partial charge in [0.15, 0.2) is 0 Å². The zero-order valence-corrected chi connectivity index (χ0v) is 11.2. The zero-order valence-electron chi connectivity index (χ0n) is 11.2. The van der Waals surface area contributed by atoms with Crippen molar-refractivity contribution in [3.8, 4) is 0 Å². The molecule has 102 valence electrons. The molecule has 6 heteroatoms. The Balaban J connectivity index is 1.99. The second-order valence-electron chi connectivity index (χ2n) is 4.76. The summed E-state index contributed by atoms with van der Waals surface area (Å²) in [6.07, 6.45) is 8.33. The maximum absolute atomic E-state index is 12.1. The van der Waals surface area contributed by atoms with E-state index in [0.29, 0.717) is 6.61 Å². The van der Waals surface area contributed by atoms with E-state index in [2.05, 4.69) is 9.97 Å². The van der Waals surface area contributed by atoms with E-state index in [1.54, 1.807) is 37.5 Å². The second kappa shape index (κ2) is 5.36. The average Bonchev–Trinajstić information content (AvgIpc) is 3.18. The number of aromatic nitrogens is 2. The molecule has 0 spiro atoms. The number of likely N-dealkylation sites (N-methyl/N-ethyl adjacent to an activating group) is 1. The lowest BCUT2D eigenvalue weighted by Crippen LogP contribution is -2.41. The van der Waals surface area contributed by atoms with Gasteiger partial charge in [-0.1, -0.05) is 0 Å². The van der Waals surface area contributed by atoms with Gasteiger partial charge in [0.05, 0.1) is 12.1 Å². The summed E-state index contributed by atoms with van der Waals surface area (Å²) < 4.78 is 5.16. The van der Waals surface area contributed by atoms with Crippen LogP contribution in [0.1, 0.15) is 18.4 Å². The molecule has 1 aromatic heterocycles. The van der Waals surface area contributed by atoms with Crippen LogP contribution in [0.5, 0.6) is 0 Å². The van der Waals surface area contributed by atoms with Crippen molar-refractivity contribution in [2.45, 2.75) is 18.4 Å². The van der Waals surface area contributed by atoms with Crippen LogP contribution < -0.4 is 5.73 Å². The molecular weight excluding hydrogens is 244 g/mol. The molecule has 2 rings (SSSR count). The highest BCUT2D eigenvalue weighted by molar-refractivity contribution is 5.92. The average molecular weight is 262 g/mol. The first-order chi connectivity index (χ1) is 9.07. The Bertz CT molecular complexity index is 480. The summed E-state index contributed by atoms with van der Waals surface area (Å²) in [5.74, 6) is 0.170. The van der Waals surface area contributed by atoms with E-state index >= 15 is 0 Å². The number of hydrogen-bond acceptors (Lipinski definition) is 5. The highest BCUT2D eigenvalue weighted by atomic mass is 16.5. The number of nitrogens with zero attached hydrogens (tertiary/aromatic N) is 3. The lowest BCUT2D eigenvalue weighted by Gasteiger charge is -2.26. The van der Waals surface area contributed by atoms with E-state index in [0.717, 1.165) is 18.4 Å². The quantitative estimate of drug-likeness (QED) is 0.790. The molecule has 0 aromatic carbocycles. The third-order valence-electron chi connectivity index (χ3n) is 3.39. The van der Waals surface area contributed by atoms with Crippen LogP contribution in [0, 0.1) is 0 Å². The monoisotopic (exact) mass is 262 g/mol. The first kappa shape index (κ1) is 13.5. The number of nitrogen functional groups attached to an aromatic ring is 1. The summed E-state index contributed by atoms with van der Waals surface area (Å²) in [4.78, 5) is 21.5. The van der Waals surface area contributed by atoms with Crippen LogP contribution in [0.4, 0.5) is 5.95 Å². The van der Waals surface area contributed by atoms with Crippen molar-refractivity contribution in [3.05, 3.63) is 24.0 Å². The Kier molecular flexibility index (Phi) is 3.80. The van der Waals surface area contributed by atoms with E-state index < -0.39 is 0 Å². The molecule has 1 aliphatic rings. The van der Waals surface area contributed by atoms with Crippen LogP contribution in [0.25, 0.3) is 6.08 Å². The van der Waals surface area contributed by atoms with Crippen LogP contribution in [-0.2, 0) is 9.53 Å². The molecule has 1 heterocycles.